The minimum Gasteiger partial charge on any atom is -0.481 e. The molecule has 2 amide bonds. The Morgan fingerprint density at radius 2 is 2.04 bits per heavy atom. The molecule has 1 aliphatic heterocycles. The number of amides is 2. The van der Waals surface area contributed by atoms with E-state index in [2.05, 4.69) is 15.3 Å². The first-order valence-electron chi connectivity index (χ1n) is 7.69. The van der Waals surface area contributed by atoms with Crippen LogP contribution in [0.25, 0.3) is 0 Å². The molecule has 0 saturated carbocycles. The van der Waals surface area contributed by atoms with Gasteiger partial charge in [-0.1, -0.05) is 11.6 Å². The highest BCUT2D eigenvalue weighted by Gasteiger charge is 2.22. The van der Waals surface area contributed by atoms with E-state index in [1.165, 1.54) is 19.4 Å². The summed E-state index contributed by atoms with van der Waals surface area (Å²) in [7, 11) is 1.48. The predicted molar refractivity (Wildman–Crippen MR) is 92.8 cm³/mol. The monoisotopic (exact) mass is 365 g/mol. The summed E-state index contributed by atoms with van der Waals surface area (Å²) < 4.78 is 18.3. The van der Waals surface area contributed by atoms with E-state index in [1.807, 2.05) is 4.90 Å². The van der Waals surface area contributed by atoms with Crippen LogP contribution in [0.5, 0.6) is 5.88 Å². The number of hydrogen-bond acceptors (Lipinski definition) is 5. The Morgan fingerprint density at radius 1 is 1.28 bits per heavy atom. The summed E-state index contributed by atoms with van der Waals surface area (Å²) in [4.78, 5) is 23.6. The second-order valence-electron chi connectivity index (χ2n) is 5.46. The quantitative estimate of drug-likeness (QED) is 0.847. The number of nitrogens with one attached hydrogen (secondary N) is 1. The molecule has 1 N–H and O–H groups in total. The number of pyridine rings is 2. The van der Waals surface area contributed by atoms with Crippen molar-refractivity contribution in [2.45, 2.75) is 0 Å². The lowest BCUT2D eigenvalue weighted by molar-refractivity contribution is 0.208. The Bertz CT molecular complexity index is 768. The van der Waals surface area contributed by atoms with Crippen LogP contribution in [0.1, 0.15) is 0 Å². The molecule has 1 saturated heterocycles. The Kier molecular flexibility index (Phi) is 5.18. The van der Waals surface area contributed by atoms with Gasteiger partial charge in [0, 0.05) is 50.2 Å². The Balaban J connectivity index is 1.59. The van der Waals surface area contributed by atoms with Gasteiger partial charge < -0.3 is 19.9 Å². The normalized spacial score (nSPS) is 14.4. The highest BCUT2D eigenvalue weighted by Crippen LogP contribution is 2.21. The van der Waals surface area contributed by atoms with E-state index in [4.69, 9.17) is 16.3 Å². The maximum Gasteiger partial charge on any atom is 0.321 e. The summed E-state index contributed by atoms with van der Waals surface area (Å²) in [5.41, 5.74) is 1.28. The molecule has 1 aliphatic rings. The lowest BCUT2D eigenvalue weighted by atomic mass is 10.2. The fourth-order valence-corrected chi connectivity index (χ4v) is 2.81. The number of carbonyl (C=O) groups is 1. The Morgan fingerprint density at radius 3 is 2.72 bits per heavy atom. The van der Waals surface area contributed by atoms with Crippen molar-refractivity contribution in [3.05, 3.63) is 41.6 Å². The first-order chi connectivity index (χ1) is 12.0. The number of anilines is 2. The molecule has 1 fully saturated rings. The maximum absolute atomic E-state index is 13.2. The molecule has 0 radical (unpaired) electrons. The van der Waals surface area contributed by atoms with Crippen LogP contribution in [-0.2, 0) is 0 Å². The first-order valence-corrected chi connectivity index (χ1v) is 8.07. The highest BCUT2D eigenvalue weighted by atomic mass is 35.5. The summed E-state index contributed by atoms with van der Waals surface area (Å²) in [5, 5.41) is 3.02. The van der Waals surface area contributed by atoms with E-state index in [-0.39, 0.29) is 11.2 Å². The van der Waals surface area contributed by atoms with Crippen LogP contribution >= 0.6 is 11.6 Å². The van der Waals surface area contributed by atoms with Crippen LogP contribution < -0.4 is 15.0 Å². The second-order valence-corrected chi connectivity index (χ2v) is 5.85. The van der Waals surface area contributed by atoms with Gasteiger partial charge in [-0.3, -0.25) is 0 Å². The number of carbonyl (C=O) groups excluding carboxylic acids is 1. The van der Waals surface area contributed by atoms with E-state index in [9.17, 15) is 9.18 Å². The van der Waals surface area contributed by atoms with Crippen molar-refractivity contribution in [1.82, 2.24) is 14.9 Å². The molecule has 0 unspecified atom stereocenters. The van der Waals surface area contributed by atoms with Crippen molar-refractivity contribution < 1.29 is 13.9 Å². The Labute approximate surface area is 149 Å². The summed E-state index contributed by atoms with van der Waals surface area (Å²) in [5.74, 6) is -0.187. The molecule has 0 aliphatic carbocycles. The summed E-state index contributed by atoms with van der Waals surface area (Å²) >= 11 is 5.90. The third-order valence-corrected chi connectivity index (χ3v) is 4.07. The SMILES string of the molecule is COc1cc(NC(=O)N2CCN(c3ccnc(F)c3)CC2)cc(Cl)n1. The van der Waals surface area contributed by atoms with Crippen LogP contribution in [0.4, 0.5) is 20.6 Å². The van der Waals surface area contributed by atoms with Gasteiger partial charge in [-0.2, -0.15) is 4.39 Å². The van der Waals surface area contributed by atoms with Gasteiger partial charge in [0.1, 0.15) is 5.15 Å². The number of hydrogen-bond donors (Lipinski definition) is 1. The number of nitrogens with zero attached hydrogens (tertiary/aromatic N) is 4. The molecular weight excluding hydrogens is 349 g/mol. The molecule has 2 aromatic rings. The molecule has 3 heterocycles. The number of urea groups is 1. The average Bonchev–Trinajstić information content (AvgIpc) is 2.61. The molecule has 9 heteroatoms. The van der Waals surface area contributed by atoms with Crippen LogP contribution in [0.2, 0.25) is 5.15 Å². The van der Waals surface area contributed by atoms with Gasteiger partial charge in [0.25, 0.3) is 0 Å². The van der Waals surface area contributed by atoms with Gasteiger partial charge in [-0.25, -0.2) is 14.8 Å². The summed E-state index contributed by atoms with van der Waals surface area (Å²) in [6, 6.07) is 6.06. The molecule has 132 valence electrons. The predicted octanol–water partition coefficient (Wildman–Crippen LogP) is 2.63. The van der Waals surface area contributed by atoms with E-state index in [0.29, 0.717) is 37.7 Å². The number of rotatable bonds is 3. The van der Waals surface area contributed by atoms with Crippen molar-refractivity contribution in [2.75, 3.05) is 43.5 Å². The molecular formula is C16H17ClFN5O2. The van der Waals surface area contributed by atoms with Crippen molar-refractivity contribution >= 4 is 29.0 Å². The third-order valence-electron chi connectivity index (χ3n) is 3.87. The van der Waals surface area contributed by atoms with E-state index in [0.717, 1.165) is 5.69 Å². The molecule has 2 aromatic heterocycles. The van der Waals surface area contributed by atoms with E-state index >= 15 is 0 Å². The fraction of sp³-hybridized carbons (Fsp3) is 0.312. The molecule has 25 heavy (non-hydrogen) atoms. The van der Waals surface area contributed by atoms with Gasteiger partial charge in [0.15, 0.2) is 0 Å². The standard InChI is InChI=1S/C16H17ClFN5O2/c1-25-15-9-11(8-13(17)21-15)20-16(24)23-6-4-22(5-7-23)12-2-3-19-14(18)10-12/h2-3,8-10H,4-7H2,1H3,(H,20,21,24). The Hall–Kier alpha value is -2.61. The molecule has 0 atom stereocenters. The smallest absolute Gasteiger partial charge is 0.321 e. The number of methoxy groups -OCH3 is 1. The topological polar surface area (TPSA) is 70.6 Å². The molecule has 3 rings (SSSR count). The lowest BCUT2D eigenvalue weighted by Crippen LogP contribution is -2.50. The van der Waals surface area contributed by atoms with Crippen LogP contribution in [0, 0.1) is 5.95 Å². The van der Waals surface area contributed by atoms with Crippen molar-refractivity contribution in [3.8, 4) is 5.88 Å². The van der Waals surface area contributed by atoms with Gasteiger partial charge >= 0.3 is 6.03 Å². The fourth-order valence-electron chi connectivity index (χ4n) is 2.61. The van der Waals surface area contributed by atoms with Crippen molar-refractivity contribution in [3.63, 3.8) is 0 Å². The molecule has 7 nitrogen and oxygen atoms in total. The number of aromatic nitrogens is 2. The lowest BCUT2D eigenvalue weighted by Gasteiger charge is -2.36. The van der Waals surface area contributed by atoms with Crippen molar-refractivity contribution in [2.24, 2.45) is 0 Å². The minimum atomic E-state index is -0.513. The summed E-state index contributed by atoms with van der Waals surface area (Å²) in [6.07, 6.45) is 1.43. The summed E-state index contributed by atoms with van der Waals surface area (Å²) in [6.45, 7) is 2.26. The zero-order chi connectivity index (χ0) is 17.8. The minimum absolute atomic E-state index is 0.232. The zero-order valence-corrected chi connectivity index (χ0v) is 14.3. The zero-order valence-electron chi connectivity index (χ0n) is 13.6. The van der Waals surface area contributed by atoms with Crippen LogP contribution in [0.15, 0.2) is 30.5 Å². The maximum atomic E-state index is 13.2. The number of halogens is 2. The number of ether oxygens (including phenoxy) is 1. The van der Waals surface area contributed by atoms with Gasteiger partial charge in [0.2, 0.25) is 11.8 Å². The van der Waals surface area contributed by atoms with Gasteiger partial charge in [-0.15, -0.1) is 0 Å². The molecule has 0 aromatic carbocycles. The largest absolute Gasteiger partial charge is 0.481 e. The molecule has 0 spiro atoms. The average molecular weight is 366 g/mol. The van der Waals surface area contributed by atoms with Gasteiger partial charge in [-0.05, 0) is 12.1 Å². The van der Waals surface area contributed by atoms with Crippen molar-refractivity contribution in [1.29, 1.82) is 0 Å². The van der Waals surface area contributed by atoms with E-state index in [1.54, 1.807) is 23.1 Å². The van der Waals surface area contributed by atoms with Crippen LogP contribution in [0.3, 0.4) is 0 Å². The highest BCUT2D eigenvalue weighted by molar-refractivity contribution is 6.29. The van der Waals surface area contributed by atoms with Gasteiger partial charge in [0.05, 0.1) is 12.8 Å². The number of piperazine rings is 1. The van der Waals surface area contributed by atoms with E-state index < -0.39 is 5.95 Å². The second kappa shape index (κ2) is 7.52. The molecule has 0 bridgehead atoms. The third kappa shape index (κ3) is 4.27. The first kappa shape index (κ1) is 17.2. The van der Waals surface area contributed by atoms with Crippen LogP contribution in [-0.4, -0.2) is 54.2 Å².